The summed E-state index contributed by atoms with van der Waals surface area (Å²) >= 11 is 2.21. The topological polar surface area (TPSA) is 54.7 Å². The summed E-state index contributed by atoms with van der Waals surface area (Å²) in [7, 11) is 0. The first-order valence-electron chi connectivity index (χ1n) is 4.35. The third-order valence-electron chi connectivity index (χ3n) is 2.09. The summed E-state index contributed by atoms with van der Waals surface area (Å²) < 4.78 is 2.88. The van der Waals surface area contributed by atoms with Crippen molar-refractivity contribution in [2.24, 2.45) is 0 Å². The van der Waals surface area contributed by atoms with Crippen molar-refractivity contribution in [1.29, 1.82) is 5.26 Å². The van der Waals surface area contributed by atoms with Crippen LogP contribution in [0.4, 0.5) is 5.69 Å². The molecule has 3 nitrogen and oxygen atoms in total. The maximum atomic E-state index is 8.92. The van der Waals surface area contributed by atoms with Gasteiger partial charge >= 0.3 is 0 Å². The summed E-state index contributed by atoms with van der Waals surface area (Å²) in [5.41, 5.74) is 8.00. The summed E-state index contributed by atoms with van der Waals surface area (Å²) in [5.74, 6) is 0. The highest BCUT2D eigenvalue weighted by Gasteiger charge is 2.05. The molecular weight excluding hydrogens is 301 g/mol. The third-order valence-corrected chi connectivity index (χ3v) is 2.96. The zero-order valence-electron chi connectivity index (χ0n) is 7.81. The number of hydrogen-bond acceptors (Lipinski definition) is 2. The van der Waals surface area contributed by atoms with Crippen LogP contribution >= 0.6 is 22.6 Å². The minimum atomic E-state index is 0.623. The van der Waals surface area contributed by atoms with Crippen LogP contribution in [0.1, 0.15) is 5.69 Å². The molecule has 4 heteroatoms. The van der Waals surface area contributed by atoms with Gasteiger partial charge < -0.3 is 10.3 Å². The minimum absolute atomic E-state index is 0.623. The normalized spacial score (nSPS) is 9.87. The Balaban J connectivity index is 2.60. The van der Waals surface area contributed by atoms with Crippen molar-refractivity contribution in [3.8, 4) is 11.8 Å². The van der Waals surface area contributed by atoms with Gasteiger partial charge in [-0.1, -0.05) is 0 Å². The quantitative estimate of drug-likeness (QED) is 0.650. The first-order chi connectivity index (χ1) is 7.22. The van der Waals surface area contributed by atoms with Crippen LogP contribution in [0.3, 0.4) is 0 Å². The molecule has 2 rings (SSSR count). The highest BCUT2D eigenvalue weighted by Crippen LogP contribution is 2.21. The molecule has 15 heavy (non-hydrogen) atoms. The molecule has 1 aromatic heterocycles. The minimum Gasteiger partial charge on any atom is -0.399 e. The molecule has 0 aliphatic heterocycles. The Morgan fingerprint density at radius 1 is 1.33 bits per heavy atom. The van der Waals surface area contributed by atoms with Gasteiger partial charge in [0.15, 0.2) is 0 Å². The molecule has 0 saturated carbocycles. The Morgan fingerprint density at radius 3 is 2.80 bits per heavy atom. The first kappa shape index (κ1) is 10.1. The Hall–Kier alpha value is -1.48. The molecule has 0 atom stereocenters. The Morgan fingerprint density at radius 2 is 2.13 bits per heavy atom. The molecule has 0 spiro atoms. The van der Waals surface area contributed by atoms with E-state index in [0.717, 1.165) is 14.9 Å². The molecule has 1 heterocycles. The number of benzene rings is 1. The Bertz CT molecular complexity index is 537. The number of anilines is 1. The van der Waals surface area contributed by atoms with Gasteiger partial charge in [0.25, 0.3) is 0 Å². The van der Waals surface area contributed by atoms with Crippen molar-refractivity contribution in [3.63, 3.8) is 0 Å². The zero-order valence-corrected chi connectivity index (χ0v) is 9.97. The van der Waals surface area contributed by atoms with Crippen molar-refractivity contribution in [2.75, 3.05) is 5.73 Å². The van der Waals surface area contributed by atoms with Gasteiger partial charge in [-0.3, -0.25) is 0 Å². The van der Waals surface area contributed by atoms with Crippen molar-refractivity contribution >= 4 is 28.3 Å². The lowest BCUT2D eigenvalue weighted by molar-refractivity contribution is 1.04. The summed E-state index contributed by atoms with van der Waals surface area (Å²) in [6.45, 7) is 0. The fraction of sp³-hybridized carbons (Fsp3) is 0. The molecule has 0 unspecified atom stereocenters. The Kier molecular flexibility index (Phi) is 2.64. The van der Waals surface area contributed by atoms with Crippen LogP contribution in [0.2, 0.25) is 0 Å². The summed E-state index contributed by atoms with van der Waals surface area (Å²) in [6.07, 6.45) is 1.87. The van der Waals surface area contributed by atoms with Crippen molar-refractivity contribution < 1.29 is 0 Å². The van der Waals surface area contributed by atoms with E-state index in [0.29, 0.717) is 5.69 Å². The van der Waals surface area contributed by atoms with Crippen molar-refractivity contribution in [3.05, 3.63) is 45.8 Å². The fourth-order valence-corrected chi connectivity index (χ4v) is 2.20. The fourth-order valence-electron chi connectivity index (χ4n) is 1.40. The molecule has 2 N–H and O–H groups in total. The molecule has 0 aliphatic rings. The monoisotopic (exact) mass is 309 g/mol. The molecule has 0 fully saturated rings. The lowest BCUT2D eigenvalue weighted by atomic mass is 10.3. The zero-order chi connectivity index (χ0) is 10.8. The van der Waals surface area contributed by atoms with E-state index in [1.807, 2.05) is 35.0 Å². The molecule has 1 aromatic carbocycles. The van der Waals surface area contributed by atoms with Crippen LogP contribution < -0.4 is 5.73 Å². The predicted octanol–water partition coefficient (Wildman–Crippen LogP) is 2.54. The highest BCUT2D eigenvalue weighted by molar-refractivity contribution is 14.1. The molecule has 2 aromatic rings. The van der Waals surface area contributed by atoms with Gasteiger partial charge in [0.1, 0.15) is 11.8 Å². The van der Waals surface area contributed by atoms with Crippen LogP contribution in [-0.2, 0) is 0 Å². The van der Waals surface area contributed by atoms with E-state index in [4.69, 9.17) is 11.0 Å². The SMILES string of the molecule is N#Cc1cccn1-c1ccc(N)cc1I. The van der Waals surface area contributed by atoms with Crippen LogP contribution in [0.25, 0.3) is 5.69 Å². The summed E-state index contributed by atoms with van der Waals surface area (Å²) in [5, 5.41) is 8.92. The summed E-state index contributed by atoms with van der Waals surface area (Å²) in [4.78, 5) is 0. The predicted molar refractivity (Wildman–Crippen MR) is 67.6 cm³/mol. The van der Waals surface area contributed by atoms with Crippen LogP contribution in [0, 0.1) is 14.9 Å². The second-order valence-corrected chi connectivity index (χ2v) is 4.25. The van der Waals surface area contributed by atoms with Gasteiger partial charge in [-0.25, -0.2) is 0 Å². The van der Waals surface area contributed by atoms with E-state index in [-0.39, 0.29) is 0 Å². The number of nitrogens with two attached hydrogens (primary N) is 1. The van der Waals surface area contributed by atoms with E-state index in [9.17, 15) is 0 Å². The lowest BCUT2D eigenvalue weighted by Crippen LogP contribution is -1.99. The van der Waals surface area contributed by atoms with Gasteiger partial charge in [-0.15, -0.1) is 0 Å². The third kappa shape index (κ3) is 1.83. The summed E-state index contributed by atoms with van der Waals surface area (Å²) in [6, 6.07) is 11.4. The van der Waals surface area contributed by atoms with Crippen LogP contribution in [-0.4, -0.2) is 4.57 Å². The number of aromatic nitrogens is 1. The molecule has 0 saturated heterocycles. The van der Waals surface area contributed by atoms with Crippen LogP contribution in [0.15, 0.2) is 36.5 Å². The van der Waals surface area contributed by atoms with Gasteiger partial charge in [0, 0.05) is 15.5 Å². The Labute approximate surface area is 101 Å². The van der Waals surface area contributed by atoms with Gasteiger partial charge in [-0.05, 0) is 52.9 Å². The maximum Gasteiger partial charge on any atom is 0.124 e. The standard InChI is InChI=1S/C11H8IN3/c12-10-6-8(14)3-4-11(10)15-5-1-2-9(15)7-13/h1-6H,14H2. The maximum absolute atomic E-state index is 8.92. The molecule has 74 valence electrons. The average Bonchev–Trinajstić information content (AvgIpc) is 2.65. The smallest absolute Gasteiger partial charge is 0.124 e. The number of rotatable bonds is 1. The van der Waals surface area contributed by atoms with Crippen molar-refractivity contribution in [1.82, 2.24) is 4.57 Å². The largest absolute Gasteiger partial charge is 0.399 e. The molecule has 0 bridgehead atoms. The van der Waals surface area contributed by atoms with Gasteiger partial charge in [0.2, 0.25) is 0 Å². The van der Waals surface area contributed by atoms with E-state index in [1.165, 1.54) is 0 Å². The number of nitrogens with zero attached hydrogens (tertiary/aromatic N) is 2. The van der Waals surface area contributed by atoms with E-state index in [2.05, 4.69) is 28.7 Å². The number of halogens is 1. The van der Waals surface area contributed by atoms with Crippen LogP contribution in [0.5, 0.6) is 0 Å². The molecule has 0 aliphatic carbocycles. The van der Waals surface area contributed by atoms with Crippen molar-refractivity contribution in [2.45, 2.75) is 0 Å². The average molecular weight is 309 g/mol. The lowest BCUT2D eigenvalue weighted by Gasteiger charge is -2.07. The molecular formula is C11H8IN3. The number of nitriles is 1. The highest BCUT2D eigenvalue weighted by atomic mass is 127. The van der Waals surface area contributed by atoms with E-state index < -0.39 is 0 Å². The number of nitrogen functional groups attached to an aromatic ring is 1. The number of hydrogen-bond donors (Lipinski definition) is 1. The van der Waals surface area contributed by atoms with Gasteiger partial charge in [-0.2, -0.15) is 5.26 Å². The molecule has 0 amide bonds. The van der Waals surface area contributed by atoms with Gasteiger partial charge in [0.05, 0.1) is 5.69 Å². The second-order valence-electron chi connectivity index (χ2n) is 3.09. The van der Waals surface area contributed by atoms with E-state index in [1.54, 1.807) is 6.07 Å². The second kappa shape index (κ2) is 3.95. The molecule has 0 radical (unpaired) electrons. The first-order valence-corrected chi connectivity index (χ1v) is 5.43. The van der Waals surface area contributed by atoms with E-state index >= 15 is 0 Å².